The zero-order valence-electron chi connectivity index (χ0n) is 10.2. The Labute approximate surface area is 102 Å². The van der Waals surface area contributed by atoms with Crippen molar-refractivity contribution in [3.05, 3.63) is 24.0 Å². The second-order valence-corrected chi connectivity index (χ2v) is 4.87. The van der Waals surface area contributed by atoms with E-state index in [1.807, 2.05) is 6.07 Å². The van der Waals surface area contributed by atoms with Crippen LogP contribution < -0.4 is 11.1 Å². The molecule has 0 saturated carbocycles. The molecule has 0 bridgehead atoms. The summed E-state index contributed by atoms with van der Waals surface area (Å²) in [7, 11) is 2.16. The van der Waals surface area contributed by atoms with Gasteiger partial charge in [0.2, 0.25) is 0 Å². The number of nitrogens with one attached hydrogen (secondary N) is 1. The van der Waals surface area contributed by atoms with Crippen LogP contribution in [0.3, 0.4) is 0 Å². The van der Waals surface area contributed by atoms with Crippen molar-refractivity contribution in [1.29, 1.82) is 0 Å². The number of halogens is 1. The van der Waals surface area contributed by atoms with Gasteiger partial charge in [-0.1, -0.05) is 0 Å². The second-order valence-electron chi connectivity index (χ2n) is 4.87. The van der Waals surface area contributed by atoms with Crippen LogP contribution in [0.4, 0.5) is 15.8 Å². The molecule has 3 nitrogen and oxygen atoms in total. The summed E-state index contributed by atoms with van der Waals surface area (Å²) >= 11 is 0. The van der Waals surface area contributed by atoms with Crippen LogP contribution in [-0.4, -0.2) is 31.6 Å². The van der Waals surface area contributed by atoms with Gasteiger partial charge in [-0.2, -0.15) is 0 Å². The Bertz CT molecular complexity index is 381. The molecular weight excluding hydrogens is 217 g/mol. The fourth-order valence-electron chi connectivity index (χ4n) is 2.32. The van der Waals surface area contributed by atoms with Crippen LogP contribution in [0, 0.1) is 11.7 Å². The first-order valence-corrected chi connectivity index (χ1v) is 6.12. The van der Waals surface area contributed by atoms with Gasteiger partial charge in [0, 0.05) is 18.8 Å². The van der Waals surface area contributed by atoms with Gasteiger partial charge in [-0.05, 0) is 50.6 Å². The first-order valence-electron chi connectivity index (χ1n) is 6.12. The average molecular weight is 237 g/mol. The molecule has 0 aliphatic carbocycles. The minimum atomic E-state index is -0.351. The molecule has 4 heteroatoms. The predicted octanol–water partition coefficient (Wildman–Crippen LogP) is 2.16. The lowest BCUT2D eigenvalue weighted by molar-refractivity contribution is 0.390. The van der Waals surface area contributed by atoms with Crippen molar-refractivity contribution >= 4 is 11.4 Å². The van der Waals surface area contributed by atoms with E-state index >= 15 is 0 Å². The third-order valence-corrected chi connectivity index (χ3v) is 3.37. The van der Waals surface area contributed by atoms with Gasteiger partial charge in [0.25, 0.3) is 0 Å². The van der Waals surface area contributed by atoms with E-state index in [2.05, 4.69) is 17.3 Å². The summed E-state index contributed by atoms with van der Waals surface area (Å²) in [6, 6.07) is 4.87. The molecule has 1 atom stereocenters. The summed E-state index contributed by atoms with van der Waals surface area (Å²) < 4.78 is 13.2. The second kappa shape index (κ2) is 5.36. The predicted molar refractivity (Wildman–Crippen MR) is 69.5 cm³/mol. The molecule has 0 spiro atoms. The van der Waals surface area contributed by atoms with Gasteiger partial charge in [-0.25, -0.2) is 4.39 Å². The summed E-state index contributed by atoms with van der Waals surface area (Å²) in [5, 5.41) is 3.24. The van der Waals surface area contributed by atoms with E-state index in [1.165, 1.54) is 25.6 Å². The molecule has 1 saturated heterocycles. The highest BCUT2D eigenvalue weighted by molar-refractivity contribution is 5.52. The summed E-state index contributed by atoms with van der Waals surface area (Å²) in [5.74, 6) is 0.418. The number of nitrogens with zero attached hydrogens (tertiary/aromatic N) is 1. The Morgan fingerprint density at radius 3 is 3.00 bits per heavy atom. The third-order valence-electron chi connectivity index (χ3n) is 3.37. The molecule has 94 valence electrons. The maximum atomic E-state index is 13.2. The van der Waals surface area contributed by atoms with Crippen LogP contribution in [0.15, 0.2) is 18.2 Å². The smallest absolute Gasteiger partial charge is 0.148 e. The highest BCUT2D eigenvalue weighted by Gasteiger charge is 2.18. The van der Waals surface area contributed by atoms with E-state index in [4.69, 9.17) is 5.73 Å². The van der Waals surface area contributed by atoms with E-state index in [1.54, 1.807) is 6.07 Å². The molecule has 1 unspecified atom stereocenters. The maximum absolute atomic E-state index is 13.2. The fraction of sp³-hybridized carbons (Fsp3) is 0.538. The highest BCUT2D eigenvalue weighted by Crippen LogP contribution is 2.19. The quantitative estimate of drug-likeness (QED) is 0.788. The lowest BCUT2D eigenvalue weighted by atomic mass is 10.1. The first kappa shape index (κ1) is 12.2. The van der Waals surface area contributed by atoms with Crippen molar-refractivity contribution in [2.45, 2.75) is 12.8 Å². The number of nitrogens with two attached hydrogens (primary N) is 1. The minimum Gasteiger partial charge on any atom is -0.396 e. The van der Waals surface area contributed by atoms with Gasteiger partial charge in [0.1, 0.15) is 5.82 Å². The zero-order chi connectivity index (χ0) is 12.3. The van der Waals surface area contributed by atoms with Crippen molar-refractivity contribution < 1.29 is 4.39 Å². The van der Waals surface area contributed by atoms with Crippen LogP contribution in [-0.2, 0) is 0 Å². The number of hydrogen-bond donors (Lipinski definition) is 2. The van der Waals surface area contributed by atoms with Crippen LogP contribution in [0.25, 0.3) is 0 Å². The molecule has 2 rings (SSSR count). The molecule has 1 aliphatic heterocycles. The number of hydrogen-bond acceptors (Lipinski definition) is 3. The molecule has 1 heterocycles. The Morgan fingerprint density at radius 2 is 2.35 bits per heavy atom. The van der Waals surface area contributed by atoms with Crippen LogP contribution in [0.1, 0.15) is 12.8 Å². The summed E-state index contributed by atoms with van der Waals surface area (Å²) in [6.07, 6.45) is 2.41. The van der Waals surface area contributed by atoms with Gasteiger partial charge in [-0.15, -0.1) is 0 Å². The molecule has 0 amide bonds. The molecule has 0 aromatic heterocycles. The Morgan fingerprint density at radius 1 is 1.53 bits per heavy atom. The molecule has 0 radical (unpaired) electrons. The molecule has 3 N–H and O–H groups in total. The van der Waals surface area contributed by atoms with Gasteiger partial charge >= 0.3 is 0 Å². The van der Waals surface area contributed by atoms with Crippen LogP contribution in [0.2, 0.25) is 0 Å². The minimum absolute atomic E-state index is 0.202. The Kier molecular flexibility index (Phi) is 3.84. The lowest BCUT2D eigenvalue weighted by Gasteiger charge is -2.12. The number of benzene rings is 1. The number of rotatable bonds is 4. The van der Waals surface area contributed by atoms with E-state index in [9.17, 15) is 4.39 Å². The van der Waals surface area contributed by atoms with Crippen LogP contribution in [0.5, 0.6) is 0 Å². The van der Waals surface area contributed by atoms with Crippen molar-refractivity contribution in [3.8, 4) is 0 Å². The van der Waals surface area contributed by atoms with E-state index in [0.717, 1.165) is 24.6 Å². The Balaban J connectivity index is 1.76. The first-order chi connectivity index (χ1) is 8.15. The van der Waals surface area contributed by atoms with E-state index < -0.39 is 0 Å². The summed E-state index contributed by atoms with van der Waals surface area (Å²) in [4.78, 5) is 2.35. The van der Waals surface area contributed by atoms with Crippen molar-refractivity contribution in [1.82, 2.24) is 4.90 Å². The van der Waals surface area contributed by atoms with Gasteiger partial charge in [0.15, 0.2) is 0 Å². The maximum Gasteiger partial charge on any atom is 0.148 e. The van der Waals surface area contributed by atoms with E-state index in [-0.39, 0.29) is 11.5 Å². The molecule has 17 heavy (non-hydrogen) atoms. The molecule has 1 aliphatic rings. The molecule has 1 aromatic rings. The monoisotopic (exact) mass is 237 g/mol. The van der Waals surface area contributed by atoms with Gasteiger partial charge in [-0.3, -0.25) is 0 Å². The van der Waals surface area contributed by atoms with Crippen LogP contribution >= 0.6 is 0 Å². The SMILES string of the molecule is CN1CCC(CCNc2ccc(N)c(F)c2)C1. The number of nitrogen functional groups attached to an aromatic ring is 1. The molecule has 1 aromatic carbocycles. The van der Waals surface area contributed by atoms with Gasteiger partial charge < -0.3 is 16.0 Å². The lowest BCUT2D eigenvalue weighted by Crippen LogP contribution is -2.15. The Hall–Kier alpha value is -1.29. The van der Waals surface area contributed by atoms with Crippen molar-refractivity contribution in [3.63, 3.8) is 0 Å². The third kappa shape index (κ3) is 3.33. The van der Waals surface area contributed by atoms with Crippen molar-refractivity contribution in [2.24, 2.45) is 5.92 Å². The van der Waals surface area contributed by atoms with Gasteiger partial charge in [0.05, 0.1) is 5.69 Å². The largest absolute Gasteiger partial charge is 0.396 e. The fourth-order valence-corrected chi connectivity index (χ4v) is 2.32. The highest BCUT2D eigenvalue weighted by atomic mass is 19.1. The number of anilines is 2. The topological polar surface area (TPSA) is 41.3 Å². The number of likely N-dealkylation sites (tertiary alicyclic amines) is 1. The standard InChI is InChI=1S/C13H20FN3/c1-17-7-5-10(9-17)4-6-16-11-2-3-13(15)12(14)8-11/h2-3,8,10,16H,4-7,9,15H2,1H3. The normalized spacial score (nSPS) is 20.7. The molecule has 1 fully saturated rings. The summed E-state index contributed by atoms with van der Waals surface area (Å²) in [6.45, 7) is 3.26. The zero-order valence-corrected chi connectivity index (χ0v) is 10.2. The van der Waals surface area contributed by atoms with Crippen molar-refractivity contribution in [2.75, 3.05) is 37.7 Å². The average Bonchev–Trinajstić information content (AvgIpc) is 2.70. The van der Waals surface area contributed by atoms with E-state index in [0.29, 0.717) is 0 Å². The summed E-state index contributed by atoms with van der Waals surface area (Å²) in [5.41, 5.74) is 6.43. The molecular formula is C13H20FN3.